The second kappa shape index (κ2) is 4.03. The van der Waals surface area contributed by atoms with Crippen molar-refractivity contribution in [2.75, 3.05) is 0 Å². The molecule has 0 aromatic heterocycles. The van der Waals surface area contributed by atoms with Crippen molar-refractivity contribution in [2.45, 2.75) is 32.4 Å². The van der Waals surface area contributed by atoms with Gasteiger partial charge in [-0.2, -0.15) is 13.2 Å². The summed E-state index contributed by atoms with van der Waals surface area (Å²) in [4.78, 5) is 0. The van der Waals surface area contributed by atoms with Gasteiger partial charge in [0, 0.05) is 0 Å². The Labute approximate surface area is 81.8 Å². The van der Waals surface area contributed by atoms with Crippen LogP contribution in [0.2, 0.25) is 0 Å². The number of rotatable bonds is 2. The zero-order chi connectivity index (χ0) is 10.8. The summed E-state index contributed by atoms with van der Waals surface area (Å²) in [5, 5.41) is 0. The molecule has 0 spiro atoms. The molecule has 0 aliphatic heterocycles. The molecule has 0 nitrogen and oxygen atoms in total. The molecule has 14 heavy (non-hydrogen) atoms. The third kappa shape index (κ3) is 2.28. The van der Waals surface area contributed by atoms with E-state index >= 15 is 0 Å². The fourth-order valence-electron chi connectivity index (χ4n) is 1.40. The lowest BCUT2D eigenvalue weighted by molar-refractivity contribution is -0.138. The number of hydrogen-bond acceptors (Lipinski definition) is 0. The maximum Gasteiger partial charge on any atom is 0.416 e. The molecule has 1 rings (SSSR count). The van der Waals surface area contributed by atoms with Crippen LogP contribution in [0.15, 0.2) is 24.3 Å². The Morgan fingerprint density at radius 3 is 2.29 bits per heavy atom. The highest BCUT2D eigenvalue weighted by molar-refractivity contribution is 5.32. The van der Waals surface area contributed by atoms with Gasteiger partial charge < -0.3 is 0 Å². The molecule has 1 unspecified atom stereocenters. The molecule has 0 N–H and O–H groups in total. The topological polar surface area (TPSA) is 0 Å². The van der Waals surface area contributed by atoms with Crippen LogP contribution in [-0.2, 0) is 6.18 Å². The largest absolute Gasteiger partial charge is 0.416 e. The van der Waals surface area contributed by atoms with Crippen molar-refractivity contribution >= 4 is 0 Å². The molecule has 0 radical (unpaired) electrons. The molecular formula is C11H13F3. The minimum Gasteiger partial charge on any atom is -0.166 e. The fraction of sp³-hybridized carbons (Fsp3) is 0.455. The van der Waals surface area contributed by atoms with Gasteiger partial charge in [0.25, 0.3) is 0 Å². The highest BCUT2D eigenvalue weighted by atomic mass is 19.4. The van der Waals surface area contributed by atoms with Crippen LogP contribution in [0.1, 0.15) is 37.3 Å². The second-order valence-corrected chi connectivity index (χ2v) is 3.39. The normalized spacial score (nSPS) is 14.1. The van der Waals surface area contributed by atoms with Gasteiger partial charge in [0.2, 0.25) is 0 Å². The Kier molecular flexibility index (Phi) is 3.19. The fourth-order valence-corrected chi connectivity index (χ4v) is 1.40. The van der Waals surface area contributed by atoms with Gasteiger partial charge in [-0.15, -0.1) is 0 Å². The molecule has 0 aliphatic rings. The monoisotopic (exact) mass is 202 g/mol. The molecule has 0 aliphatic carbocycles. The van der Waals surface area contributed by atoms with Crippen LogP contribution < -0.4 is 0 Å². The van der Waals surface area contributed by atoms with Gasteiger partial charge >= 0.3 is 6.18 Å². The van der Waals surface area contributed by atoms with Gasteiger partial charge in [-0.1, -0.05) is 32.0 Å². The van der Waals surface area contributed by atoms with Gasteiger partial charge in [0.05, 0.1) is 5.56 Å². The minimum atomic E-state index is -4.24. The summed E-state index contributed by atoms with van der Waals surface area (Å²) < 4.78 is 37.6. The smallest absolute Gasteiger partial charge is 0.166 e. The van der Waals surface area contributed by atoms with Crippen molar-refractivity contribution in [3.8, 4) is 0 Å². The Hall–Kier alpha value is -0.990. The van der Waals surface area contributed by atoms with Crippen LogP contribution in [0.4, 0.5) is 13.2 Å². The lowest BCUT2D eigenvalue weighted by Gasteiger charge is -2.16. The lowest BCUT2D eigenvalue weighted by atomic mass is 9.93. The summed E-state index contributed by atoms with van der Waals surface area (Å²) in [6.45, 7) is 3.70. The van der Waals surface area contributed by atoms with Crippen LogP contribution in [0.5, 0.6) is 0 Å². The third-order valence-corrected chi connectivity index (χ3v) is 2.41. The van der Waals surface area contributed by atoms with E-state index in [1.54, 1.807) is 12.1 Å². The Morgan fingerprint density at radius 1 is 1.21 bits per heavy atom. The first-order valence-corrected chi connectivity index (χ1v) is 4.63. The van der Waals surface area contributed by atoms with Crippen molar-refractivity contribution < 1.29 is 13.2 Å². The van der Waals surface area contributed by atoms with E-state index in [-0.39, 0.29) is 5.92 Å². The Bertz CT molecular complexity index is 302. The average Bonchev–Trinajstić information content (AvgIpc) is 2.15. The van der Waals surface area contributed by atoms with Crippen LogP contribution in [0.25, 0.3) is 0 Å². The molecule has 0 amide bonds. The van der Waals surface area contributed by atoms with Crippen molar-refractivity contribution in [1.29, 1.82) is 0 Å². The summed E-state index contributed by atoms with van der Waals surface area (Å²) in [7, 11) is 0. The number of halogens is 3. The zero-order valence-corrected chi connectivity index (χ0v) is 8.23. The highest BCUT2D eigenvalue weighted by Crippen LogP contribution is 2.35. The summed E-state index contributed by atoms with van der Waals surface area (Å²) in [5.74, 6) is -0.0483. The van der Waals surface area contributed by atoms with Gasteiger partial charge in [-0.3, -0.25) is 0 Å². The Morgan fingerprint density at radius 2 is 1.79 bits per heavy atom. The molecule has 0 saturated carbocycles. The van der Waals surface area contributed by atoms with E-state index < -0.39 is 11.7 Å². The molecule has 1 aromatic rings. The van der Waals surface area contributed by atoms with Crippen LogP contribution in [0.3, 0.4) is 0 Å². The maximum absolute atomic E-state index is 12.5. The van der Waals surface area contributed by atoms with E-state index in [1.807, 2.05) is 13.8 Å². The summed E-state index contributed by atoms with van der Waals surface area (Å²) >= 11 is 0. The molecule has 0 saturated heterocycles. The van der Waals surface area contributed by atoms with E-state index in [0.29, 0.717) is 12.0 Å². The van der Waals surface area contributed by atoms with Crippen molar-refractivity contribution in [3.05, 3.63) is 35.4 Å². The van der Waals surface area contributed by atoms with E-state index in [2.05, 4.69) is 0 Å². The van der Waals surface area contributed by atoms with Crippen LogP contribution >= 0.6 is 0 Å². The molecule has 0 heterocycles. The predicted octanol–water partition coefficient (Wildman–Crippen LogP) is 4.22. The Balaban J connectivity index is 3.16. The molecule has 0 bridgehead atoms. The number of hydrogen-bond donors (Lipinski definition) is 0. The van der Waals surface area contributed by atoms with Crippen LogP contribution in [-0.4, -0.2) is 0 Å². The van der Waals surface area contributed by atoms with E-state index in [4.69, 9.17) is 0 Å². The SMILES string of the molecule is CCC(C)c1ccccc1C(F)(F)F. The van der Waals surface area contributed by atoms with Crippen molar-refractivity contribution in [2.24, 2.45) is 0 Å². The molecule has 3 heteroatoms. The van der Waals surface area contributed by atoms with Crippen molar-refractivity contribution in [1.82, 2.24) is 0 Å². The molecule has 1 aromatic carbocycles. The zero-order valence-electron chi connectivity index (χ0n) is 8.23. The second-order valence-electron chi connectivity index (χ2n) is 3.39. The standard InChI is InChI=1S/C11H13F3/c1-3-8(2)9-6-4-5-7-10(9)11(12,13)14/h4-8H,3H2,1-2H3. The summed E-state index contributed by atoms with van der Waals surface area (Å²) in [5.41, 5.74) is -0.114. The summed E-state index contributed by atoms with van der Waals surface area (Å²) in [6, 6.07) is 5.77. The third-order valence-electron chi connectivity index (χ3n) is 2.41. The van der Waals surface area contributed by atoms with Crippen molar-refractivity contribution in [3.63, 3.8) is 0 Å². The van der Waals surface area contributed by atoms with Gasteiger partial charge in [-0.25, -0.2) is 0 Å². The first-order chi connectivity index (χ1) is 6.46. The predicted molar refractivity (Wildman–Crippen MR) is 50.2 cm³/mol. The average molecular weight is 202 g/mol. The summed E-state index contributed by atoms with van der Waals surface area (Å²) in [6.07, 6.45) is -3.52. The molecule has 0 fully saturated rings. The first-order valence-electron chi connectivity index (χ1n) is 4.63. The highest BCUT2D eigenvalue weighted by Gasteiger charge is 2.33. The van der Waals surface area contributed by atoms with Crippen LogP contribution in [0, 0.1) is 0 Å². The molecule has 1 atom stereocenters. The van der Waals surface area contributed by atoms with E-state index in [0.717, 1.165) is 6.07 Å². The van der Waals surface area contributed by atoms with Gasteiger partial charge in [0.1, 0.15) is 0 Å². The number of alkyl halides is 3. The molecule has 78 valence electrons. The first kappa shape index (κ1) is 11.1. The van der Waals surface area contributed by atoms with Gasteiger partial charge in [-0.05, 0) is 24.0 Å². The van der Waals surface area contributed by atoms with Gasteiger partial charge in [0.15, 0.2) is 0 Å². The number of benzene rings is 1. The maximum atomic E-state index is 12.5. The minimum absolute atomic E-state index is 0.0483. The quantitative estimate of drug-likeness (QED) is 0.673. The van der Waals surface area contributed by atoms with E-state index in [1.165, 1.54) is 6.07 Å². The van der Waals surface area contributed by atoms with E-state index in [9.17, 15) is 13.2 Å². The lowest BCUT2D eigenvalue weighted by Crippen LogP contribution is -2.10. The molecular weight excluding hydrogens is 189 g/mol.